The highest BCUT2D eigenvalue weighted by Crippen LogP contribution is 2.38. The van der Waals surface area contributed by atoms with E-state index in [1.165, 1.54) is 4.90 Å². The molecule has 15 atom stereocenters. The lowest BCUT2D eigenvalue weighted by Crippen LogP contribution is -2.61. The second-order valence-corrected chi connectivity index (χ2v) is 19.6. The fourth-order valence-electron chi connectivity index (χ4n) is 9.61. The summed E-state index contributed by atoms with van der Waals surface area (Å²) < 4.78 is 24.9. The van der Waals surface area contributed by atoms with Crippen molar-refractivity contribution in [3.8, 4) is 0 Å². The molecule has 4 heterocycles. The van der Waals surface area contributed by atoms with Crippen LogP contribution in [0.5, 0.6) is 0 Å². The Kier molecular flexibility index (Phi) is 18.4. The summed E-state index contributed by atoms with van der Waals surface area (Å²) in [6.45, 7) is 20.7. The Balaban J connectivity index is 1.72. The standard InChI is InChI=1S/C48H79NO12/c1-12-35-17-19-41(30(5)23-28(3)34(9)50)58-46(56)38-15-13-14-20-49(38)45(55)44(54)48(57)32(7)16-18-36(60-48)24-39(51)33(8)40(52)25-37-26-42(61-47(10,11)59-37)29(4)21-27(2)22-31(6)43(35)53/h17,21,23,27-28,31-34,36-43,50-53,57H,12-16,18-20,22,24-26H2,1-11H3. The molecule has 0 aliphatic carbocycles. The van der Waals surface area contributed by atoms with Crippen LogP contribution >= 0.6 is 0 Å². The highest BCUT2D eigenvalue weighted by atomic mass is 16.7. The first kappa shape index (κ1) is 51.1. The van der Waals surface area contributed by atoms with Gasteiger partial charge < -0.3 is 49.4 Å². The molecule has 4 aliphatic heterocycles. The topological polar surface area (TPSA) is 193 Å². The third-order valence-corrected chi connectivity index (χ3v) is 13.8. The number of ether oxygens (including phenoxy) is 4. The van der Waals surface area contributed by atoms with E-state index >= 15 is 0 Å². The molecule has 13 heteroatoms. The van der Waals surface area contributed by atoms with Crippen LogP contribution in [0, 0.1) is 29.6 Å². The number of esters is 1. The molecule has 4 aliphatic rings. The van der Waals surface area contributed by atoms with Gasteiger partial charge in [0.15, 0.2) is 5.79 Å². The van der Waals surface area contributed by atoms with Gasteiger partial charge in [0, 0.05) is 43.6 Å². The number of ketones is 1. The zero-order valence-electron chi connectivity index (χ0n) is 38.8. The molecule has 0 spiro atoms. The summed E-state index contributed by atoms with van der Waals surface area (Å²) in [7, 11) is 0. The number of hydrogen-bond donors (Lipinski definition) is 5. The van der Waals surface area contributed by atoms with Crippen LogP contribution in [0.15, 0.2) is 34.9 Å². The molecule has 1 amide bonds. The fraction of sp³-hybridized carbons (Fsp3) is 0.812. The SMILES string of the molecule is CCC1=CCC(C(C)=CC(C)C(C)O)OC(=O)C2CCCCN2C(=O)C(=O)C2(O)OC(CCC2C)CC(O)C(C)C(O)CC2CC(OC(C)(C)O2)C(C)=CC(C)CC(C)C1O. The third-order valence-electron chi connectivity index (χ3n) is 13.8. The molecule has 4 rings (SSSR count). The van der Waals surface area contributed by atoms with Gasteiger partial charge >= 0.3 is 5.97 Å². The van der Waals surface area contributed by atoms with Crippen molar-refractivity contribution in [2.75, 3.05) is 6.54 Å². The lowest BCUT2D eigenvalue weighted by molar-refractivity contribution is -0.296. The second kappa shape index (κ2) is 21.9. The van der Waals surface area contributed by atoms with Gasteiger partial charge in [-0.05, 0) is 115 Å². The number of aliphatic hydroxyl groups excluding tert-OH is 4. The number of rotatable bonds is 4. The highest BCUT2D eigenvalue weighted by Gasteiger charge is 2.53. The van der Waals surface area contributed by atoms with Gasteiger partial charge in [0.2, 0.25) is 5.79 Å². The number of nitrogens with zero attached hydrogens (tertiary/aromatic N) is 1. The van der Waals surface area contributed by atoms with Crippen molar-refractivity contribution in [1.82, 2.24) is 4.90 Å². The van der Waals surface area contributed by atoms with Crippen LogP contribution in [0.2, 0.25) is 0 Å². The van der Waals surface area contributed by atoms with Gasteiger partial charge in [-0.3, -0.25) is 9.59 Å². The third kappa shape index (κ3) is 13.3. The van der Waals surface area contributed by atoms with E-state index in [0.29, 0.717) is 50.5 Å². The first-order chi connectivity index (χ1) is 28.5. The summed E-state index contributed by atoms with van der Waals surface area (Å²) in [5.74, 6) is -7.95. The van der Waals surface area contributed by atoms with Crippen LogP contribution in [-0.4, -0.2) is 121 Å². The molecular weight excluding hydrogens is 783 g/mol. The lowest BCUT2D eigenvalue weighted by Gasteiger charge is -2.43. The maximum atomic E-state index is 14.2. The first-order valence-corrected chi connectivity index (χ1v) is 23.1. The van der Waals surface area contributed by atoms with Crippen molar-refractivity contribution in [3.63, 3.8) is 0 Å². The van der Waals surface area contributed by atoms with Crippen LogP contribution < -0.4 is 0 Å². The molecule has 0 aromatic carbocycles. The molecule has 4 bridgehead atoms. The van der Waals surface area contributed by atoms with E-state index in [1.54, 1.807) is 20.8 Å². The number of piperidine rings is 1. The molecule has 61 heavy (non-hydrogen) atoms. The lowest BCUT2D eigenvalue weighted by atomic mass is 9.83. The van der Waals surface area contributed by atoms with E-state index in [9.17, 15) is 39.9 Å². The Labute approximate surface area is 364 Å². The number of carbonyl (C=O) groups is 3. The minimum absolute atomic E-state index is 0.0130. The zero-order valence-corrected chi connectivity index (χ0v) is 38.8. The number of allylic oxidation sites excluding steroid dienone is 1. The fourth-order valence-corrected chi connectivity index (χ4v) is 9.61. The van der Waals surface area contributed by atoms with E-state index in [-0.39, 0.29) is 62.2 Å². The molecule has 13 nitrogen and oxygen atoms in total. The average molecular weight is 862 g/mol. The van der Waals surface area contributed by atoms with E-state index in [4.69, 9.17) is 18.9 Å². The van der Waals surface area contributed by atoms with E-state index in [2.05, 4.69) is 13.0 Å². The minimum atomic E-state index is -2.49. The average Bonchev–Trinajstić information content (AvgIpc) is 3.19. The molecule has 15 unspecified atom stereocenters. The molecule has 3 fully saturated rings. The van der Waals surface area contributed by atoms with E-state index < -0.39 is 83.7 Å². The minimum Gasteiger partial charge on any atom is -0.456 e. The maximum absolute atomic E-state index is 14.2. The van der Waals surface area contributed by atoms with Crippen molar-refractivity contribution >= 4 is 17.7 Å². The number of cyclic esters (lactones) is 1. The van der Waals surface area contributed by atoms with Gasteiger partial charge in [-0.1, -0.05) is 59.8 Å². The number of Topliss-reactive ketones (excluding diaryl/α,β-unsaturated/α-hetero) is 1. The van der Waals surface area contributed by atoms with Crippen molar-refractivity contribution in [3.05, 3.63) is 34.9 Å². The predicted octanol–water partition coefficient (Wildman–Crippen LogP) is 6.07. The number of fused-ring (bicyclic) bond motifs is 5. The van der Waals surface area contributed by atoms with Crippen molar-refractivity contribution in [1.29, 1.82) is 0 Å². The Morgan fingerprint density at radius 1 is 0.918 bits per heavy atom. The van der Waals surface area contributed by atoms with Gasteiger partial charge in [0.25, 0.3) is 11.7 Å². The van der Waals surface area contributed by atoms with Crippen LogP contribution in [0.1, 0.15) is 147 Å². The summed E-state index contributed by atoms with van der Waals surface area (Å²) in [5, 5.41) is 56.7. The van der Waals surface area contributed by atoms with Crippen LogP contribution in [0.25, 0.3) is 0 Å². The molecule has 3 saturated heterocycles. The molecule has 0 radical (unpaired) electrons. The number of amides is 1. The molecule has 5 N–H and O–H groups in total. The zero-order chi connectivity index (χ0) is 45.6. The van der Waals surface area contributed by atoms with Gasteiger partial charge in [-0.2, -0.15) is 0 Å². The van der Waals surface area contributed by atoms with Crippen molar-refractivity contribution < 1.29 is 58.9 Å². The Hall–Kier alpha value is -2.49. The summed E-state index contributed by atoms with van der Waals surface area (Å²) in [6, 6.07) is -1.09. The van der Waals surface area contributed by atoms with E-state index in [0.717, 1.165) is 11.1 Å². The Morgan fingerprint density at radius 2 is 1.57 bits per heavy atom. The van der Waals surface area contributed by atoms with Gasteiger partial charge in [-0.25, -0.2) is 4.79 Å². The molecule has 0 aromatic rings. The first-order valence-electron chi connectivity index (χ1n) is 23.1. The predicted molar refractivity (Wildman–Crippen MR) is 232 cm³/mol. The summed E-state index contributed by atoms with van der Waals surface area (Å²) >= 11 is 0. The Morgan fingerprint density at radius 3 is 2.21 bits per heavy atom. The largest absolute Gasteiger partial charge is 0.456 e. The summed E-state index contributed by atoms with van der Waals surface area (Å²) in [4.78, 5) is 43.6. The number of carbonyl (C=O) groups excluding carboxylic acids is 3. The van der Waals surface area contributed by atoms with E-state index in [1.807, 2.05) is 60.6 Å². The van der Waals surface area contributed by atoms with Crippen LogP contribution in [0.4, 0.5) is 0 Å². The smallest absolute Gasteiger partial charge is 0.329 e. The molecule has 348 valence electrons. The van der Waals surface area contributed by atoms with Crippen molar-refractivity contribution in [2.24, 2.45) is 29.6 Å². The highest BCUT2D eigenvalue weighted by molar-refractivity contribution is 6.39. The van der Waals surface area contributed by atoms with Crippen LogP contribution in [-0.2, 0) is 33.3 Å². The maximum Gasteiger partial charge on any atom is 0.329 e. The molecular formula is C48H79NO12. The summed E-state index contributed by atoms with van der Waals surface area (Å²) in [6.07, 6.45) is 4.74. The monoisotopic (exact) mass is 862 g/mol. The van der Waals surface area contributed by atoms with Crippen LogP contribution in [0.3, 0.4) is 0 Å². The number of hydrogen-bond acceptors (Lipinski definition) is 12. The summed E-state index contributed by atoms with van der Waals surface area (Å²) in [5.41, 5.74) is 2.54. The quantitative estimate of drug-likeness (QED) is 0.125. The van der Waals surface area contributed by atoms with Gasteiger partial charge in [-0.15, -0.1) is 0 Å². The second-order valence-electron chi connectivity index (χ2n) is 19.6. The molecule has 0 aromatic heterocycles. The van der Waals surface area contributed by atoms with Gasteiger partial charge in [0.05, 0.1) is 42.7 Å². The normalized spacial score (nSPS) is 39.5. The van der Waals surface area contributed by atoms with Gasteiger partial charge in [0.1, 0.15) is 12.1 Å². The number of aliphatic hydroxyl groups is 5. The van der Waals surface area contributed by atoms with Crippen molar-refractivity contribution in [2.45, 2.75) is 213 Å². The molecule has 0 saturated carbocycles. The Bertz CT molecular complexity index is 1590.